The minimum absolute atomic E-state index is 0.1000. The van der Waals surface area contributed by atoms with E-state index in [4.69, 9.17) is 9.15 Å². The molecule has 0 saturated heterocycles. The van der Waals surface area contributed by atoms with Gasteiger partial charge in [0.15, 0.2) is 0 Å². The van der Waals surface area contributed by atoms with Crippen LogP contribution in [0.25, 0.3) is 33.5 Å². The molecule has 0 atom stereocenters. The molecule has 0 spiro atoms. The van der Waals surface area contributed by atoms with Gasteiger partial charge in [0.1, 0.15) is 23.7 Å². The number of benzene rings is 3. The van der Waals surface area contributed by atoms with Gasteiger partial charge in [-0.15, -0.1) is 0 Å². The molecular formula is C29H22N4O3. The Morgan fingerprint density at radius 1 is 0.833 bits per heavy atom. The Balaban J connectivity index is 1.25. The quantitative estimate of drug-likeness (QED) is 0.309. The van der Waals surface area contributed by atoms with Crippen LogP contribution in [-0.4, -0.2) is 19.6 Å². The molecule has 0 aliphatic carbocycles. The maximum absolute atomic E-state index is 13.4. The van der Waals surface area contributed by atoms with Crippen molar-refractivity contribution in [2.24, 2.45) is 0 Å². The summed E-state index contributed by atoms with van der Waals surface area (Å²) in [4.78, 5) is 13.4. The van der Waals surface area contributed by atoms with Crippen molar-refractivity contribution < 1.29 is 9.15 Å². The third kappa shape index (κ3) is 4.07. The van der Waals surface area contributed by atoms with E-state index in [2.05, 4.69) is 10.2 Å². The number of para-hydroxylation sites is 2. The maximum atomic E-state index is 13.4. The highest BCUT2D eigenvalue weighted by molar-refractivity contribution is 5.83. The van der Waals surface area contributed by atoms with E-state index in [1.807, 2.05) is 77.7 Å². The molecule has 0 saturated carbocycles. The molecule has 0 amide bonds. The molecule has 3 aromatic heterocycles. The first-order valence-electron chi connectivity index (χ1n) is 11.6. The summed E-state index contributed by atoms with van der Waals surface area (Å²) in [6.45, 7) is 2.14. The fraction of sp³-hybridized carbons (Fsp3) is 0.0690. The van der Waals surface area contributed by atoms with Crippen molar-refractivity contribution in [2.45, 2.75) is 13.5 Å². The second-order valence-electron chi connectivity index (χ2n) is 8.45. The topological polar surface area (TPSA) is 75.1 Å². The lowest BCUT2D eigenvalue weighted by atomic mass is 10.1. The highest BCUT2D eigenvalue weighted by atomic mass is 16.5. The molecule has 0 bridgehead atoms. The van der Waals surface area contributed by atoms with E-state index in [-0.39, 0.29) is 5.43 Å². The van der Waals surface area contributed by atoms with Crippen LogP contribution in [0.2, 0.25) is 0 Å². The summed E-state index contributed by atoms with van der Waals surface area (Å²) in [6.07, 6.45) is 7.24. The average Bonchev–Trinajstić information content (AvgIpc) is 3.59. The molecule has 0 aliphatic rings. The smallest absolute Gasteiger partial charge is 0.200 e. The highest BCUT2D eigenvalue weighted by Gasteiger charge is 2.16. The second-order valence-corrected chi connectivity index (χ2v) is 8.45. The van der Waals surface area contributed by atoms with Crippen molar-refractivity contribution in [2.75, 3.05) is 0 Å². The first-order chi connectivity index (χ1) is 17.7. The van der Waals surface area contributed by atoms with Crippen LogP contribution in [0, 0.1) is 6.92 Å². The molecule has 3 heterocycles. The normalized spacial score (nSPS) is 11.1. The molecule has 0 N–H and O–H groups in total. The summed E-state index contributed by atoms with van der Waals surface area (Å²) in [7, 11) is 0. The molecule has 0 fully saturated rings. The van der Waals surface area contributed by atoms with Crippen LogP contribution >= 0.6 is 0 Å². The van der Waals surface area contributed by atoms with Gasteiger partial charge in [0.25, 0.3) is 0 Å². The summed E-state index contributed by atoms with van der Waals surface area (Å²) < 4.78 is 15.6. The van der Waals surface area contributed by atoms with Crippen LogP contribution in [0.3, 0.4) is 0 Å². The van der Waals surface area contributed by atoms with E-state index < -0.39 is 0 Å². The minimum Gasteiger partial charge on any atom is -0.489 e. The summed E-state index contributed by atoms with van der Waals surface area (Å²) >= 11 is 0. The number of hydrogen-bond acceptors (Lipinski definition) is 5. The van der Waals surface area contributed by atoms with Crippen molar-refractivity contribution in [3.63, 3.8) is 0 Å². The van der Waals surface area contributed by atoms with Crippen LogP contribution in [-0.2, 0) is 6.61 Å². The Labute approximate surface area is 206 Å². The summed E-state index contributed by atoms with van der Waals surface area (Å²) in [5.74, 6) is 1.14. The first-order valence-corrected chi connectivity index (χ1v) is 11.6. The summed E-state index contributed by atoms with van der Waals surface area (Å²) in [5, 5.41) is 9.32. The molecule has 3 aromatic carbocycles. The maximum Gasteiger partial charge on any atom is 0.200 e. The highest BCUT2D eigenvalue weighted by Crippen LogP contribution is 2.27. The Bertz CT molecular complexity index is 1720. The molecule has 0 unspecified atom stereocenters. The van der Waals surface area contributed by atoms with Crippen LogP contribution in [0.4, 0.5) is 0 Å². The Hall–Kier alpha value is -4.91. The average molecular weight is 475 g/mol. The monoisotopic (exact) mass is 474 g/mol. The van der Waals surface area contributed by atoms with Crippen molar-refractivity contribution >= 4 is 11.0 Å². The Morgan fingerprint density at radius 2 is 1.50 bits per heavy atom. The Morgan fingerprint density at radius 3 is 2.22 bits per heavy atom. The van der Waals surface area contributed by atoms with Gasteiger partial charge in [0.05, 0.1) is 34.7 Å². The summed E-state index contributed by atoms with van der Waals surface area (Å²) in [6, 6.07) is 24.9. The molecule has 6 aromatic rings. The van der Waals surface area contributed by atoms with Gasteiger partial charge in [-0.2, -0.15) is 10.2 Å². The predicted molar refractivity (Wildman–Crippen MR) is 138 cm³/mol. The lowest BCUT2D eigenvalue weighted by molar-refractivity contribution is 0.306. The molecular weight excluding hydrogens is 452 g/mol. The number of aryl methyl sites for hydroxylation is 1. The number of aromatic nitrogens is 4. The van der Waals surface area contributed by atoms with E-state index in [1.54, 1.807) is 42.2 Å². The van der Waals surface area contributed by atoms with E-state index in [0.29, 0.717) is 40.2 Å². The summed E-state index contributed by atoms with van der Waals surface area (Å²) in [5.41, 5.74) is 4.43. The van der Waals surface area contributed by atoms with Gasteiger partial charge in [0.2, 0.25) is 5.43 Å². The van der Waals surface area contributed by atoms with Gasteiger partial charge in [-0.3, -0.25) is 4.79 Å². The zero-order valence-corrected chi connectivity index (χ0v) is 19.5. The number of ether oxygens (including phenoxy) is 1. The van der Waals surface area contributed by atoms with Crippen LogP contribution in [0.15, 0.2) is 113 Å². The third-order valence-corrected chi connectivity index (χ3v) is 5.99. The predicted octanol–water partition coefficient (Wildman–Crippen LogP) is 5.72. The number of rotatable bonds is 6. The van der Waals surface area contributed by atoms with Crippen LogP contribution in [0.1, 0.15) is 11.3 Å². The fourth-order valence-corrected chi connectivity index (χ4v) is 4.21. The molecule has 6 rings (SSSR count). The van der Waals surface area contributed by atoms with Gasteiger partial charge in [-0.1, -0.05) is 36.4 Å². The molecule has 7 nitrogen and oxygen atoms in total. The Kier molecular flexibility index (Phi) is 5.42. The van der Waals surface area contributed by atoms with Gasteiger partial charge < -0.3 is 9.15 Å². The van der Waals surface area contributed by atoms with E-state index in [1.165, 1.54) is 0 Å². The molecule has 0 radical (unpaired) electrons. The van der Waals surface area contributed by atoms with E-state index in [9.17, 15) is 4.79 Å². The van der Waals surface area contributed by atoms with E-state index >= 15 is 0 Å². The van der Waals surface area contributed by atoms with Gasteiger partial charge in [-0.25, -0.2) is 9.36 Å². The van der Waals surface area contributed by atoms with Crippen LogP contribution in [0.5, 0.6) is 5.75 Å². The lowest BCUT2D eigenvalue weighted by Gasteiger charge is -2.08. The largest absolute Gasteiger partial charge is 0.489 e. The van der Waals surface area contributed by atoms with Gasteiger partial charge in [-0.05, 0) is 43.3 Å². The van der Waals surface area contributed by atoms with Crippen LogP contribution < -0.4 is 10.2 Å². The number of nitrogens with zero attached hydrogens (tertiary/aromatic N) is 4. The van der Waals surface area contributed by atoms with Crippen molar-refractivity contribution in [3.8, 4) is 28.3 Å². The molecule has 7 heteroatoms. The fourth-order valence-electron chi connectivity index (χ4n) is 4.21. The molecule has 176 valence electrons. The number of fused-ring (bicyclic) bond motifs is 1. The third-order valence-electron chi connectivity index (χ3n) is 5.99. The van der Waals surface area contributed by atoms with Gasteiger partial charge >= 0.3 is 0 Å². The lowest BCUT2D eigenvalue weighted by Crippen LogP contribution is -2.07. The zero-order chi connectivity index (χ0) is 24.5. The zero-order valence-electron chi connectivity index (χ0n) is 19.5. The minimum atomic E-state index is -0.1000. The van der Waals surface area contributed by atoms with Crippen molar-refractivity contribution in [1.82, 2.24) is 19.6 Å². The SMILES string of the molecule is Cc1oc2cc(OCc3cnn(-c4ccccc4)c3)ccc2c(=O)c1-c1cnn(-c2ccccc2)c1. The standard InChI is InChI=1S/C29H22N4O3/c1-20-28(22-16-31-33(18-22)24-10-6-3-7-11-24)29(34)26-13-12-25(14-27(26)36-20)35-19-21-15-30-32(17-21)23-8-4-2-5-9-23/h2-18H,19H2,1H3. The van der Waals surface area contributed by atoms with E-state index in [0.717, 1.165) is 16.9 Å². The number of hydrogen-bond donors (Lipinski definition) is 0. The van der Waals surface area contributed by atoms with Gasteiger partial charge in [0, 0.05) is 29.6 Å². The molecule has 0 aliphatic heterocycles. The first kappa shape index (κ1) is 21.6. The van der Waals surface area contributed by atoms with Crippen molar-refractivity contribution in [3.05, 3.63) is 125 Å². The molecule has 36 heavy (non-hydrogen) atoms. The van der Waals surface area contributed by atoms with Crippen molar-refractivity contribution in [1.29, 1.82) is 0 Å². The second kappa shape index (κ2) is 9.03.